The molecular formula is C11H16O2. The van der Waals surface area contributed by atoms with Gasteiger partial charge in [0.25, 0.3) is 0 Å². The van der Waals surface area contributed by atoms with Crippen LogP contribution in [0, 0.1) is 6.92 Å². The molecule has 1 unspecified atom stereocenters. The van der Waals surface area contributed by atoms with E-state index in [0.29, 0.717) is 0 Å². The summed E-state index contributed by atoms with van der Waals surface area (Å²) in [5.41, 5.74) is 1.99. The van der Waals surface area contributed by atoms with Crippen LogP contribution in [0.25, 0.3) is 0 Å². The summed E-state index contributed by atoms with van der Waals surface area (Å²) < 4.78 is 5.17. The molecule has 0 fully saturated rings. The minimum Gasteiger partial charge on any atom is -0.496 e. The molecule has 0 saturated carbocycles. The third-order valence-corrected chi connectivity index (χ3v) is 2.29. The second-order valence-corrected chi connectivity index (χ2v) is 3.10. The Morgan fingerprint density at radius 3 is 2.69 bits per heavy atom. The first kappa shape index (κ1) is 10.1. The number of rotatable bonds is 3. The molecule has 2 heteroatoms. The highest BCUT2D eigenvalue weighted by atomic mass is 16.5. The van der Waals surface area contributed by atoms with Gasteiger partial charge in [-0.2, -0.15) is 0 Å². The lowest BCUT2D eigenvalue weighted by Gasteiger charge is -2.13. The molecule has 0 saturated heterocycles. The lowest BCUT2D eigenvalue weighted by molar-refractivity contribution is 0.172. The average molecular weight is 180 g/mol. The molecule has 72 valence electrons. The van der Waals surface area contributed by atoms with Crippen molar-refractivity contribution in [2.75, 3.05) is 7.11 Å². The number of hydrogen-bond donors (Lipinski definition) is 1. The van der Waals surface area contributed by atoms with E-state index in [1.165, 1.54) is 0 Å². The first-order valence-corrected chi connectivity index (χ1v) is 4.52. The van der Waals surface area contributed by atoms with Crippen LogP contribution in [0.3, 0.4) is 0 Å². The maximum Gasteiger partial charge on any atom is 0.122 e. The van der Waals surface area contributed by atoms with Crippen molar-refractivity contribution in [2.45, 2.75) is 26.4 Å². The van der Waals surface area contributed by atoms with E-state index in [2.05, 4.69) is 0 Å². The topological polar surface area (TPSA) is 29.5 Å². The number of methoxy groups -OCH3 is 1. The Hall–Kier alpha value is -1.02. The highest BCUT2D eigenvalue weighted by Crippen LogP contribution is 2.27. The summed E-state index contributed by atoms with van der Waals surface area (Å²) >= 11 is 0. The van der Waals surface area contributed by atoms with Crippen LogP contribution >= 0.6 is 0 Å². The second-order valence-electron chi connectivity index (χ2n) is 3.10. The molecule has 0 heterocycles. The largest absolute Gasteiger partial charge is 0.496 e. The minimum atomic E-state index is -0.380. The lowest BCUT2D eigenvalue weighted by Crippen LogP contribution is -1.99. The Kier molecular flexibility index (Phi) is 3.32. The number of hydrogen-bond acceptors (Lipinski definition) is 2. The quantitative estimate of drug-likeness (QED) is 0.774. The van der Waals surface area contributed by atoms with E-state index in [9.17, 15) is 5.11 Å². The summed E-state index contributed by atoms with van der Waals surface area (Å²) in [6.45, 7) is 3.93. The fourth-order valence-corrected chi connectivity index (χ4v) is 1.43. The van der Waals surface area contributed by atoms with Crippen molar-refractivity contribution >= 4 is 0 Å². The third kappa shape index (κ3) is 2.01. The van der Waals surface area contributed by atoms with Gasteiger partial charge >= 0.3 is 0 Å². The number of ether oxygens (including phenoxy) is 1. The van der Waals surface area contributed by atoms with E-state index in [-0.39, 0.29) is 6.10 Å². The van der Waals surface area contributed by atoms with Crippen molar-refractivity contribution in [3.63, 3.8) is 0 Å². The summed E-state index contributed by atoms with van der Waals surface area (Å²) in [7, 11) is 1.64. The van der Waals surface area contributed by atoms with Gasteiger partial charge in [-0.15, -0.1) is 0 Å². The summed E-state index contributed by atoms with van der Waals surface area (Å²) in [5.74, 6) is 0.838. The monoisotopic (exact) mass is 180 g/mol. The predicted molar refractivity (Wildman–Crippen MR) is 53.0 cm³/mol. The van der Waals surface area contributed by atoms with Gasteiger partial charge in [0, 0.05) is 0 Å². The maximum absolute atomic E-state index is 9.67. The van der Waals surface area contributed by atoms with E-state index < -0.39 is 0 Å². The van der Waals surface area contributed by atoms with Crippen LogP contribution in [0.5, 0.6) is 5.75 Å². The zero-order chi connectivity index (χ0) is 9.84. The fraction of sp³-hybridized carbons (Fsp3) is 0.455. The summed E-state index contributed by atoms with van der Waals surface area (Å²) in [6, 6.07) is 5.74. The normalized spacial score (nSPS) is 12.6. The lowest BCUT2D eigenvalue weighted by atomic mass is 10.0. The van der Waals surface area contributed by atoms with Crippen molar-refractivity contribution in [1.29, 1.82) is 0 Å². The van der Waals surface area contributed by atoms with Gasteiger partial charge in [0.05, 0.1) is 13.2 Å². The Bertz CT molecular complexity index is 281. The van der Waals surface area contributed by atoms with Crippen LogP contribution in [0.2, 0.25) is 0 Å². The molecule has 1 N–H and O–H groups in total. The zero-order valence-electron chi connectivity index (χ0n) is 8.37. The van der Waals surface area contributed by atoms with Crippen LogP contribution in [0.1, 0.15) is 30.6 Å². The van der Waals surface area contributed by atoms with E-state index >= 15 is 0 Å². The second kappa shape index (κ2) is 4.28. The van der Waals surface area contributed by atoms with Crippen molar-refractivity contribution in [1.82, 2.24) is 0 Å². The van der Waals surface area contributed by atoms with Crippen LogP contribution in [-0.2, 0) is 0 Å². The molecule has 0 bridgehead atoms. The molecule has 0 aliphatic rings. The number of benzene rings is 1. The van der Waals surface area contributed by atoms with Crippen LogP contribution in [-0.4, -0.2) is 12.2 Å². The van der Waals surface area contributed by atoms with Crippen molar-refractivity contribution in [3.05, 3.63) is 29.3 Å². The SMILES string of the molecule is CCC(O)c1cccc(OC)c1C. The van der Waals surface area contributed by atoms with Crippen molar-refractivity contribution in [3.8, 4) is 5.75 Å². The smallest absolute Gasteiger partial charge is 0.122 e. The highest BCUT2D eigenvalue weighted by molar-refractivity contribution is 5.40. The Labute approximate surface area is 79.2 Å². The molecule has 0 aliphatic carbocycles. The predicted octanol–water partition coefficient (Wildman–Crippen LogP) is 2.45. The standard InChI is InChI=1S/C11H16O2/c1-4-10(12)9-6-5-7-11(13-3)8(9)2/h5-7,10,12H,4H2,1-3H3. The molecule has 13 heavy (non-hydrogen) atoms. The number of aliphatic hydroxyl groups is 1. The van der Waals surface area contributed by atoms with Crippen molar-refractivity contribution < 1.29 is 9.84 Å². The van der Waals surface area contributed by atoms with Gasteiger partial charge in [-0.05, 0) is 30.5 Å². The van der Waals surface area contributed by atoms with E-state index in [0.717, 1.165) is 23.3 Å². The first-order chi connectivity index (χ1) is 6.20. The number of aliphatic hydroxyl groups excluding tert-OH is 1. The Balaban J connectivity index is 3.08. The molecule has 1 atom stereocenters. The average Bonchev–Trinajstić information content (AvgIpc) is 2.17. The maximum atomic E-state index is 9.67. The minimum absolute atomic E-state index is 0.380. The van der Waals surface area contributed by atoms with E-state index in [1.54, 1.807) is 7.11 Å². The Morgan fingerprint density at radius 2 is 2.15 bits per heavy atom. The zero-order valence-corrected chi connectivity index (χ0v) is 8.37. The van der Waals surface area contributed by atoms with Gasteiger partial charge in [0.15, 0.2) is 0 Å². The molecular weight excluding hydrogens is 164 g/mol. The molecule has 1 aromatic rings. The molecule has 0 aromatic heterocycles. The van der Waals surface area contributed by atoms with Crippen LogP contribution < -0.4 is 4.74 Å². The Morgan fingerprint density at radius 1 is 1.46 bits per heavy atom. The summed E-state index contributed by atoms with van der Waals surface area (Å²) in [5, 5.41) is 9.67. The highest BCUT2D eigenvalue weighted by Gasteiger charge is 2.10. The molecule has 0 amide bonds. The van der Waals surface area contributed by atoms with Crippen molar-refractivity contribution in [2.24, 2.45) is 0 Å². The van der Waals surface area contributed by atoms with E-state index in [1.807, 2.05) is 32.0 Å². The van der Waals surface area contributed by atoms with Gasteiger partial charge in [-0.3, -0.25) is 0 Å². The molecule has 0 aliphatic heterocycles. The van der Waals surface area contributed by atoms with Crippen LogP contribution in [0.4, 0.5) is 0 Å². The van der Waals surface area contributed by atoms with Gasteiger partial charge in [0.2, 0.25) is 0 Å². The van der Waals surface area contributed by atoms with Gasteiger partial charge in [-0.1, -0.05) is 19.1 Å². The molecule has 1 rings (SSSR count). The van der Waals surface area contributed by atoms with E-state index in [4.69, 9.17) is 4.74 Å². The molecule has 0 spiro atoms. The molecule has 1 aromatic carbocycles. The first-order valence-electron chi connectivity index (χ1n) is 4.52. The summed E-state index contributed by atoms with van der Waals surface area (Å²) in [6.07, 6.45) is 0.351. The van der Waals surface area contributed by atoms with Gasteiger partial charge in [-0.25, -0.2) is 0 Å². The molecule has 0 radical (unpaired) electrons. The third-order valence-electron chi connectivity index (χ3n) is 2.29. The van der Waals surface area contributed by atoms with Gasteiger partial charge < -0.3 is 9.84 Å². The summed E-state index contributed by atoms with van der Waals surface area (Å²) in [4.78, 5) is 0. The molecule has 2 nitrogen and oxygen atoms in total. The van der Waals surface area contributed by atoms with Gasteiger partial charge in [0.1, 0.15) is 5.75 Å². The fourth-order valence-electron chi connectivity index (χ4n) is 1.43. The van der Waals surface area contributed by atoms with Crippen LogP contribution in [0.15, 0.2) is 18.2 Å².